The van der Waals surface area contributed by atoms with E-state index in [0.717, 1.165) is 22.4 Å². The lowest BCUT2D eigenvalue weighted by molar-refractivity contribution is -0.126. The predicted molar refractivity (Wildman–Crippen MR) is 120 cm³/mol. The number of aromatic nitrogens is 6. The van der Waals surface area contributed by atoms with Crippen LogP contribution in [0.25, 0.3) is 33.3 Å². The fourth-order valence-electron chi connectivity index (χ4n) is 3.87. The number of fused-ring (bicyclic) bond motifs is 2. The molecule has 0 amide bonds. The molecule has 158 valence electrons. The molecule has 5 aromatic rings. The van der Waals surface area contributed by atoms with E-state index in [1.54, 1.807) is 18.5 Å². The van der Waals surface area contributed by atoms with Gasteiger partial charge in [0.25, 0.3) is 0 Å². The molecule has 6 rings (SSSR count). The van der Waals surface area contributed by atoms with Crippen LogP contribution in [-0.4, -0.2) is 35.5 Å². The van der Waals surface area contributed by atoms with E-state index < -0.39 is 0 Å². The number of hydrogen-bond donors (Lipinski definition) is 1. The van der Waals surface area contributed by atoms with E-state index in [2.05, 4.69) is 20.1 Å². The molecule has 1 aliphatic rings. The molecule has 0 radical (unpaired) electrons. The maximum atomic E-state index is 11.3. The maximum absolute atomic E-state index is 11.3. The number of nitrogens with zero attached hydrogens (tertiary/aromatic N) is 5. The largest absolute Gasteiger partial charge is 0.456 e. The van der Waals surface area contributed by atoms with Gasteiger partial charge >= 0.3 is 0 Å². The van der Waals surface area contributed by atoms with Crippen molar-refractivity contribution in [2.45, 2.75) is 25.8 Å². The minimum absolute atomic E-state index is 0.129. The van der Waals surface area contributed by atoms with E-state index in [9.17, 15) is 4.79 Å². The minimum atomic E-state index is 0.129. The number of aromatic amines is 1. The highest BCUT2D eigenvalue weighted by molar-refractivity contribution is 6.36. The topological polar surface area (TPSA) is 98.6 Å². The van der Waals surface area contributed by atoms with Crippen LogP contribution < -0.4 is 4.74 Å². The van der Waals surface area contributed by atoms with Crippen LogP contribution in [0.3, 0.4) is 0 Å². The standard InChI is InChI=1S/C23H17ClN6O2/c1-12-27-17-3-2-16(8-19(17)28-12)32-21-5-4-18-23(22(21)24)29-20(10-25-18)13-9-26-30(11-13)14-6-15(31)7-14/h2-5,8-11,14H,6-7H2,1H3,(H,27,28). The predicted octanol–water partition coefficient (Wildman–Crippen LogP) is 5.03. The molecular formula is C23H17ClN6O2. The molecule has 1 N–H and O–H groups in total. The Morgan fingerprint density at radius 3 is 2.81 bits per heavy atom. The van der Waals surface area contributed by atoms with Crippen LogP contribution in [-0.2, 0) is 4.79 Å². The Morgan fingerprint density at radius 1 is 1.12 bits per heavy atom. The first-order chi connectivity index (χ1) is 15.5. The Labute approximate surface area is 187 Å². The third kappa shape index (κ3) is 3.20. The Bertz CT molecular complexity index is 1510. The quantitative estimate of drug-likeness (QED) is 0.417. The number of carbonyl (C=O) groups excluding carboxylic acids is 1. The zero-order valence-corrected chi connectivity index (χ0v) is 17.8. The van der Waals surface area contributed by atoms with Crippen LogP contribution in [0.1, 0.15) is 24.7 Å². The third-order valence-electron chi connectivity index (χ3n) is 5.62. The molecule has 1 fully saturated rings. The number of carbonyl (C=O) groups is 1. The highest BCUT2D eigenvalue weighted by Gasteiger charge is 2.28. The van der Waals surface area contributed by atoms with Crippen molar-refractivity contribution >= 4 is 39.5 Å². The molecule has 1 saturated carbocycles. The Hall–Kier alpha value is -3.78. The van der Waals surface area contributed by atoms with E-state index >= 15 is 0 Å². The van der Waals surface area contributed by atoms with Gasteiger partial charge in [-0.05, 0) is 31.2 Å². The van der Waals surface area contributed by atoms with Crippen molar-refractivity contribution in [1.82, 2.24) is 29.7 Å². The van der Waals surface area contributed by atoms with Crippen LogP contribution in [0.5, 0.6) is 11.5 Å². The number of rotatable bonds is 4. The zero-order chi connectivity index (χ0) is 21.8. The summed E-state index contributed by atoms with van der Waals surface area (Å²) >= 11 is 6.67. The number of ether oxygens (including phenoxy) is 1. The minimum Gasteiger partial charge on any atom is -0.456 e. The average molecular weight is 445 g/mol. The molecule has 9 heteroatoms. The molecule has 0 atom stereocenters. The van der Waals surface area contributed by atoms with Gasteiger partial charge in [0.15, 0.2) is 0 Å². The molecule has 0 unspecified atom stereocenters. The van der Waals surface area contributed by atoms with Gasteiger partial charge in [0.1, 0.15) is 33.6 Å². The number of H-pyrrole nitrogens is 1. The summed E-state index contributed by atoms with van der Waals surface area (Å²) in [6.07, 6.45) is 6.38. The van der Waals surface area contributed by atoms with Gasteiger partial charge < -0.3 is 9.72 Å². The average Bonchev–Trinajstić information content (AvgIpc) is 3.39. The van der Waals surface area contributed by atoms with Gasteiger partial charge in [0, 0.05) is 30.7 Å². The van der Waals surface area contributed by atoms with Crippen molar-refractivity contribution < 1.29 is 9.53 Å². The Kier molecular flexibility index (Phi) is 4.22. The van der Waals surface area contributed by atoms with Crippen LogP contribution in [0.4, 0.5) is 0 Å². The van der Waals surface area contributed by atoms with Gasteiger partial charge in [0.2, 0.25) is 0 Å². The Balaban J connectivity index is 1.33. The SMILES string of the molecule is Cc1nc2ccc(Oc3ccc4ncc(-c5cnn(C6CC(=O)C6)c5)nc4c3Cl)cc2[nH]1. The fraction of sp³-hybridized carbons (Fsp3) is 0.174. The van der Waals surface area contributed by atoms with Crippen LogP contribution >= 0.6 is 11.6 Å². The Morgan fingerprint density at radius 2 is 1.97 bits per heavy atom. The maximum Gasteiger partial charge on any atom is 0.148 e. The second kappa shape index (κ2) is 7.13. The summed E-state index contributed by atoms with van der Waals surface area (Å²) in [4.78, 5) is 28.1. The van der Waals surface area contributed by atoms with E-state index in [4.69, 9.17) is 21.3 Å². The molecule has 1 aliphatic carbocycles. The number of benzene rings is 2. The molecule has 3 aromatic heterocycles. The molecule has 0 spiro atoms. The van der Waals surface area contributed by atoms with Gasteiger partial charge in [-0.25, -0.2) is 9.97 Å². The van der Waals surface area contributed by atoms with Crippen molar-refractivity contribution in [2.24, 2.45) is 0 Å². The lowest BCUT2D eigenvalue weighted by Gasteiger charge is -2.24. The highest BCUT2D eigenvalue weighted by atomic mass is 35.5. The number of Topliss-reactive ketones (excluding diaryl/α,β-unsaturated/α-hetero) is 1. The molecule has 8 nitrogen and oxygen atoms in total. The molecule has 0 aliphatic heterocycles. The molecule has 3 heterocycles. The fourth-order valence-corrected chi connectivity index (χ4v) is 4.11. The number of aryl methyl sites for hydroxylation is 1. The van der Waals surface area contributed by atoms with Crippen molar-refractivity contribution in [3.8, 4) is 22.8 Å². The monoisotopic (exact) mass is 444 g/mol. The number of halogens is 1. The zero-order valence-electron chi connectivity index (χ0n) is 17.0. The summed E-state index contributed by atoms with van der Waals surface area (Å²) in [6.45, 7) is 1.91. The lowest BCUT2D eigenvalue weighted by atomic mass is 9.92. The summed E-state index contributed by atoms with van der Waals surface area (Å²) < 4.78 is 7.87. The van der Waals surface area contributed by atoms with Crippen LogP contribution in [0.15, 0.2) is 48.9 Å². The first kappa shape index (κ1) is 18.9. The molecule has 32 heavy (non-hydrogen) atoms. The lowest BCUT2D eigenvalue weighted by Crippen LogP contribution is -2.26. The van der Waals surface area contributed by atoms with Crippen molar-refractivity contribution in [3.63, 3.8) is 0 Å². The van der Waals surface area contributed by atoms with E-state index in [1.807, 2.05) is 42.1 Å². The smallest absolute Gasteiger partial charge is 0.148 e. The molecule has 2 aromatic carbocycles. The van der Waals surface area contributed by atoms with Crippen molar-refractivity contribution in [3.05, 3.63) is 59.8 Å². The van der Waals surface area contributed by atoms with Crippen LogP contribution in [0.2, 0.25) is 5.02 Å². The van der Waals surface area contributed by atoms with Gasteiger partial charge in [-0.1, -0.05) is 11.6 Å². The first-order valence-corrected chi connectivity index (χ1v) is 10.6. The summed E-state index contributed by atoms with van der Waals surface area (Å²) in [5.41, 5.74) is 4.46. The molecule has 0 saturated heterocycles. The molecule has 0 bridgehead atoms. The number of ketones is 1. The summed E-state index contributed by atoms with van der Waals surface area (Å²) in [5.74, 6) is 2.24. The summed E-state index contributed by atoms with van der Waals surface area (Å²) in [5, 5.41) is 4.77. The van der Waals surface area contributed by atoms with Crippen LogP contribution in [0, 0.1) is 6.92 Å². The van der Waals surface area contributed by atoms with Gasteiger partial charge in [-0.2, -0.15) is 5.10 Å². The number of nitrogens with one attached hydrogen (secondary N) is 1. The van der Waals surface area contributed by atoms with Gasteiger partial charge in [0.05, 0.1) is 40.7 Å². The molecular weight excluding hydrogens is 428 g/mol. The van der Waals surface area contributed by atoms with Crippen molar-refractivity contribution in [1.29, 1.82) is 0 Å². The third-order valence-corrected chi connectivity index (χ3v) is 5.98. The van der Waals surface area contributed by atoms with E-state index in [0.29, 0.717) is 46.1 Å². The first-order valence-electron chi connectivity index (χ1n) is 10.2. The summed E-state index contributed by atoms with van der Waals surface area (Å²) in [6, 6.07) is 9.38. The normalized spacial score (nSPS) is 14.2. The summed E-state index contributed by atoms with van der Waals surface area (Å²) in [7, 11) is 0. The number of hydrogen-bond acceptors (Lipinski definition) is 6. The highest BCUT2D eigenvalue weighted by Crippen LogP contribution is 2.36. The van der Waals surface area contributed by atoms with Gasteiger partial charge in [-0.15, -0.1) is 0 Å². The van der Waals surface area contributed by atoms with E-state index in [-0.39, 0.29) is 11.8 Å². The van der Waals surface area contributed by atoms with Gasteiger partial charge in [-0.3, -0.25) is 14.5 Å². The van der Waals surface area contributed by atoms with Crippen molar-refractivity contribution in [2.75, 3.05) is 0 Å². The number of imidazole rings is 1. The van der Waals surface area contributed by atoms with E-state index in [1.165, 1.54) is 0 Å². The second-order valence-corrected chi connectivity index (χ2v) is 8.29. The second-order valence-electron chi connectivity index (χ2n) is 7.91.